The molecule has 3 aromatic heterocycles. The van der Waals surface area contributed by atoms with E-state index in [9.17, 15) is 10.1 Å². The minimum atomic E-state index is -0.519. The van der Waals surface area contributed by atoms with Crippen molar-refractivity contribution >= 4 is 40.6 Å². The minimum Gasteiger partial charge on any atom is -0.319 e. The first-order valence-corrected chi connectivity index (χ1v) is 9.60. The molecule has 4 aromatic rings. The van der Waals surface area contributed by atoms with Gasteiger partial charge in [-0.2, -0.15) is 0 Å². The summed E-state index contributed by atoms with van der Waals surface area (Å²) < 4.78 is 0. The molecular formula is C21H16ClN7O2. The van der Waals surface area contributed by atoms with Crippen molar-refractivity contribution in [3.63, 3.8) is 0 Å². The fraction of sp³-hybridized carbons (Fsp3) is 0.0476. The van der Waals surface area contributed by atoms with Crippen LogP contribution in [0.2, 0.25) is 5.02 Å². The molecular weight excluding hydrogens is 418 g/mol. The van der Waals surface area contributed by atoms with Gasteiger partial charge in [0.2, 0.25) is 11.6 Å². The SMILES string of the molecule is O=[N+]([O-])c1c(Nc2ccc(Cl)cn2)ncnc1N(Cc1ccccc1)c1ccccn1. The Hall–Kier alpha value is -4.11. The van der Waals surface area contributed by atoms with Gasteiger partial charge in [-0.25, -0.2) is 19.9 Å². The van der Waals surface area contributed by atoms with E-state index in [4.69, 9.17) is 11.6 Å². The lowest BCUT2D eigenvalue weighted by molar-refractivity contribution is -0.383. The van der Waals surface area contributed by atoms with Crippen molar-refractivity contribution < 1.29 is 4.92 Å². The van der Waals surface area contributed by atoms with Crippen LogP contribution in [0.25, 0.3) is 0 Å². The molecule has 0 aliphatic heterocycles. The van der Waals surface area contributed by atoms with Crippen molar-refractivity contribution in [1.29, 1.82) is 0 Å². The third kappa shape index (κ3) is 4.73. The first-order chi connectivity index (χ1) is 15.1. The van der Waals surface area contributed by atoms with E-state index < -0.39 is 4.92 Å². The van der Waals surface area contributed by atoms with Crippen LogP contribution < -0.4 is 10.2 Å². The number of halogens is 1. The number of nitro groups is 1. The van der Waals surface area contributed by atoms with Gasteiger partial charge in [-0.3, -0.25) is 10.1 Å². The molecule has 154 valence electrons. The number of nitrogens with zero attached hydrogens (tertiary/aromatic N) is 6. The Morgan fingerprint density at radius 2 is 1.77 bits per heavy atom. The van der Waals surface area contributed by atoms with Crippen LogP contribution in [0, 0.1) is 10.1 Å². The van der Waals surface area contributed by atoms with Gasteiger partial charge in [0.25, 0.3) is 0 Å². The van der Waals surface area contributed by atoms with Gasteiger partial charge < -0.3 is 10.2 Å². The topological polar surface area (TPSA) is 110 Å². The number of anilines is 4. The van der Waals surface area contributed by atoms with Gasteiger partial charge in [-0.15, -0.1) is 0 Å². The summed E-state index contributed by atoms with van der Waals surface area (Å²) in [5.41, 5.74) is 0.649. The molecule has 0 aliphatic rings. The summed E-state index contributed by atoms with van der Waals surface area (Å²) in [4.78, 5) is 30.0. The van der Waals surface area contributed by atoms with E-state index in [2.05, 4.69) is 25.3 Å². The lowest BCUT2D eigenvalue weighted by atomic mass is 10.2. The summed E-state index contributed by atoms with van der Waals surface area (Å²) in [6.07, 6.45) is 4.33. The number of aromatic nitrogens is 4. The second-order valence-electron chi connectivity index (χ2n) is 6.40. The maximum atomic E-state index is 12.1. The Morgan fingerprint density at radius 1 is 0.968 bits per heavy atom. The highest BCUT2D eigenvalue weighted by Gasteiger charge is 2.29. The number of pyridine rings is 2. The summed E-state index contributed by atoms with van der Waals surface area (Å²) in [7, 11) is 0. The summed E-state index contributed by atoms with van der Waals surface area (Å²) >= 11 is 5.87. The Bertz CT molecular complexity index is 1180. The van der Waals surface area contributed by atoms with E-state index in [1.165, 1.54) is 12.5 Å². The maximum absolute atomic E-state index is 12.1. The van der Waals surface area contributed by atoms with Gasteiger partial charge in [0.15, 0.2) is 0 Å². The Morgan fingerprint density at radius 3 is 2.45 bits per heavy atom. The fourth-order valence-corrected chi connectivity index (χ4v) is 3.05. The van der Waals surface area contributed by atoms with Crippen LogP contribution in [0.15, 0.2) is 79.4 Å². The van der Waals surface area contributed by atoms with Crippen molar-refractivity contribution in [2.45, 2.75) is 6.54 Å². The molecule has 0 bridgehead atoms. The van der Waals surface area contributed by atoms with E-state index >= 15 is 0 Å². The Kier molecular flexibility index (Phi) is 5.95. The molecule has 0 spiro atoms. The molecule has 0 amide bonds. The second-order valence-corrected chi connectivity index (χ2v) is 6.83. The number of hydrogen-bond donors (Lipinski definition) is 1. The molecule has 3 heterocycles. The van der Waals surface area contributed by atoms with E-state index in [1.807, 2.05) is 36.4 Å². The zero-order chi connectivity index (χ0) is 21.6. The third-order valence-corrected chi connectivity index (χ3v) is 4.55. The van der Waals surface area contributed by atoms with Crippen LogP contribution in [0.1, 0.15) is 5.56 Å². The van der Waals surface area contributed by atoms with Crippen LogP contribution in [0.3, 0.4) is 0 Å². The predicted molar refractivity (Wildman–Crippen MR) is 118 cm³/mol. The largest absolute Gasteiger partial charge is 0.354 e. The maximum Gasteiger partial charge on any atom is 0.354 e. The smallest absolute Gasteiger partial charge is 0.319 e. The van der Waals surface area contributed by atoms with Crippen molar-refractivity contribution in [3.05, 3.63) is 100 Å². The molecule has 10 heteroatoms. The average molecular weight is 434 g/mol. The fourth-order valence-electron chi connectivity index (χ4n) is 2.94. The van der Waals surface area contributed by atoms with Gasteiger partial charge in [-0.1, -0.05) is 48.0 Å². The molecule has 0 unspecified atom stereocenters. The second kappa shape index (κ2) is 9.14. The number of rotatable bonds is 7. The number of nitrogens with one attached hydrogen (secondary N) is 1. The molecule has 9 nitrogen and oxygen atoms in total. The normalized spacial score (nSPS) is 10.5. The lowest BCUT2D eigenvalue weighted by Crippen LogP contribution is -2.21. The minimum absolute atomic E-state index is 0.0128. The first-order valence-electron chi connectivity index (χ1n) is 9.22. The molecule has 0 saturated heterocycles. The van der Waals surface area contributed by atoms with Crippen LogP contribution in [-0.4, -0.2) is 24.9 Å². The molecule has 1 aromatic carbocycles. The highest BCUT2D eigenvalue weighted by Crippen LogP contribution is 2.37. The molecule has 0 aliphatic carbocycles. The van der Waals surface area contributed by atoms with Crippen molar-refractivity contribution in [2.75, 3.05) is 10.2 Å². The first kappa shape index (κ1) is 20.2. The lowest BCUT2D eigenvalue weighted by Gasteiger charge is -2.23. The Labute approximate surface area is 182 Å². The molecule has 31 heavy (non-hydrogen) atoms. The highest BCUT2D eigenvalue weighted by atomic mass is 35.5. The number of hydrogen-bond acceptors (Lipinski definition) is 8. The summed E-state index contributed by atoms with van der Waals surface area (Å²) in [5.74, 6) is 1.01. The predicted octanol–water partition coefficient (Wildman–Crippen LogP) is 4.91. The zero-order valence-electron chi connectivity index (χ0n) is 16.1. The standard InChI is InChI=1S/C21H16ClN7O2/c22-16-9-10-17(24-12-16)27-20-19(29(30)31)21(26-14-25-20)28(18-8-4-5-11-23-18)13-15-6-2-1-3-7-15/h1-12,14H,13H2,(H,24,25,26,27). The zero-order valence-corrected chi connectivity index (χ0v) is 16.8. The summed E-state index contributed by atoms with van der Waals surface area (Å²) in [6.45, 7) is 0.328. The molecule has 0 saturated carbocycles. The van der Waals surface area contributed by atoms with E-state index in [-0.39, 0.29) is 17.3 Å². The quantitative estimate of drug-likeness (QED) is 0.323. The van der Waals surface area contributed by atoms with Gasteiger partial charge in [-0.05, 0) is 29.8 Å². The van der Waals surface area contributed by atoms with Gasteiger partial charge in [0.05, 0.1) is 16.5 Å². The van der Waals surface area contributed by atoms with Crippen LogP contribution in [0.5, 0.6) is 0 Å². The van der Waals surface area contributed by atoms with Crippen molar-refractivity contribution in [2.24, 2.45) is 0 Å². The van der Waals surface area contributed by atoms with E-state index in [0.29, 0.717) is 23.2 Å². The molecule has 0 fully saturated rings. The molecule has 4 rings (SSSR count). The van der Waals surface area contributed by atoms with Gasteiger partial charge >= 0.3 is 5.69 Å². The molecule has 0 atom stereocenters. The highest BCUT2D eigenvalue weighted by molar-refractivity contribution is 6.30. The van der Waals surface area contributed by atoms with Crippen LogP contribution in [0.4, 0.5) is 29.0 Å². The van der Waals surface area contributed by atoms with Gasteiger partial charge in [0, 0.05) is 12.4 Å². The monoisotopic (exact) mass is 433 g/mol. The Balaban J connectivity index is 1.80. The summed E-state index contributed by atoms with van der Waals surface area (Å²) in [6, 6.07) is 18.2. The molecule has 0 radical (unpaired) electrons. The van der Waals surface area contributed by atoms with Gasteiger partial charge in [0.1, 0.15) is 18.0 Å². The van der Waals surface area contributed by atoms with Crippen LogP contribution >= 0.6 is 11.6 Å². The van der Waals surface area contributed by atoms with Crippen LogP contribution in [-0.2, 0) is 6.54 Å². The third-order valence-electron chi connectivity index (χ3n) is 4.32. The van der Waals surface area contributed by atoms with Crippen molar-refractivity contribution in [3.8, 4) is 0 Å². The average Bonchev–Trinajstić information content (AvgIpc) is 2.80. The molecule has 1 N–H and O–H groups in total. The number of benzene rings is 1. The van der Waals surface area contributed by atoms with Crippen molar-refractivity contribution in [1.82, 2.24) is 19.9 Å². The summed E-state index contributed by atoms with van der Waals surface area (Å²) in [5, 5.41) is 15.4. The van der Waals surface area contributed by atoms with E-state index in [0.717, 1.165) is 5.56 Å². The van der Waals surface area contributed by atoms with E-state index in [1.54, 1.807) is 35.4 Å².